The first kappa shape index (κ1) is 26.1. The number of ketones is 2. The normalized spacial score (nSPS) is 23.3. The van der Waals surface area contributed by atoms with Gasteiger partial charge in [-0.05, 0) is 65.1 Å². The minimum atomic E-state index is -1.39. The lowest BCUT2D eigenvalue weighted by Gasteiger charge is -2.38. The minimum Gasteiger partial charge on any atom is -0.358 e. The Labute approximate surface area is 243 Å². The van der Waals surface area contributed by atoms with Crippen molar-refractivity contribution in [1.29, 1.82) is 0 Å². The number of nitrogens with zero attached hydrogens (tertiary/aromatic N) is 1. The number of nitrogens with one attached hydrogen (secondary N) is 1. The van der Waals surface area contributed by atoms with Gasteiger partial charge in [-0.25, -0.2) is 4.39 Å². The largest absolute Gasteiger partial charge is 0.358 e. The van der Waals surface area contributed by atoms with E-state index in [9.17, 15) is 18.8 Å². The highest BCUT2D eigenvalue weighted by Crippen LogP contribution is 2.62. The first-order valence-electron chi connectivity index (χ1n) is 14.3. The number of carbonyl (C=O) groups is 3. The third-order valence-electron chi connectivity index (χ3n) is 9.03. The number of fused-ring (bicyclic) bond motifs is 6. The van der Waals surface area contributed by atoms with Gasteiger partial charge in [0.05, 0.1) is 12.0 Å². The van der Waals surface area contributed by atoms with Crippen molar-refractivity contribution in [2.75, 3.05) is 5.32 Å². The Hall–Kier alpha value is -4.84. The smallest absolute Gasteiger partial charge is 0.238 e. The van der Waals surface area contributed by atoms with Crippen molar-refractivity contribution in [3.63, 3.8) is 0 Å². The summed E-state index contributed by atoms with van der Waals surface area (Å²) < 4.78 is 13.9. The Morgan fingerprint density at radius 2 is 1.52 bits per heavy atom. The average molecular weight is 557 g/mol. The van der Waals surface area contributed by atoms with Crippen LogP contribution in [0.1, 0.15) is 62.4 Å². The number of Topliss-reactive ketones (excluding diaryl/α,β-unsaturated/α-hetero) is 2. The maximum atomic E-state index is 14.8. The van der Waals surface area contributed by atoms with Gasteiger partial charge in [-0.1, -0.05) is 80.1 Å². The molecule has 0 aliphatic carbocycles. The minimum absolute atomic E-state index is 0.273. The summed E-state index contributed by atoms with van der Waals surface area (Å²) in [4.78, 5) is 45.7. The molecule has 0 aromatic heterocycles. The first-order valence-corrected chi connectivity index (χ1v) is 14.3. The predicted molar refractivity (Wildman–Crippen MR) is 160 cm³/mol. The monoisotopic (exact) mass is 556 g/mol. The Balaban J connectivity index is 1.50. The van der Waals surface area contributed by atoms with E-state index in [0.29, 0.717) is 16.8 Å². The van der Waals surface area contributed by atoms with Gasteiger partial charge in [-0.15, -0.1) is 0 Å². The van der Waals surface area contributed by atoms with E-state index in [-0.39, 0.29) is 23.0 Å². The number of amides is 1. The summed E-state index contributed by atoms with van der Waals surface area (Å²) in [5.74, 6) is -2.43. The van der Waals surface area contributed by atoms with E-state index in [1.807, 2.05) is 77.8 Å². The molecular formula is C36H29FN2O3. The van der Waals surface area contributed by atoms with E-state index in [1.54, 1.807) is 12.1 Å². The third-order valence-corrected chi connectivity index (χ3v) is 9.03. The van der Waals surface area contributed by atoms with Crippen LogP contribution < -0.4 is 5.32 Å². The van der Waals surface area contributed by atoms with E-state index >= 15 is 0 Å². The number of benzene rings is 4. The second-order valence-corrected chi connectivity index (χ2v) is 11.3. The van der Waals surface area contributed by atoms with Crippen LogP contribution >= 0.6 is 0 Å². The van der Waals surface area contributed by atoms with Crippen molar-refractivity contribution in [2.24, 2.45) is 5.92 Å². The molecule has 208 valence electrons. The van der Waals surface area contributed by atoms with E-state index in [2.05, 4.69) is 12.2 Å². The van der Waals surface area contributed by atoms with Crippen molar-refractivity contribution >= 4 is 29.2 Å². The number of aryl methyl sites for hydroxylation is 1. The second kappa shape index (κ2) is 9.91. The van der Waals surface area contributed by atoms with Crippen LogP contribution in [0, 0.1) is 11.7 Å². The summed E-state index contributed by atoms with van der Waals surface area (Å²) in [5, 5.41) is 3.06. The molecule has 6 heteroatoms. The molecule has 0 radical (unpaired) electrons. The molecule has 0 unspecified atom stereocenters. The van der Waals surface area contributed by atoms with Crippen LogP contribution in [0.3, 0.4) is 0 Å². The molecule has 1 amide bonds. The number of hydrogen-bond donors (Lipinski definition) is 1. The molecule has 7 rings (SSSR count). The number of halogens is 1. The lowest BCUT2D eigenvalue weighted by molar-refractivity contribution is -0.122. The summed E-state index contributed by atoms with van der Waals surface area (Å²) in [7, 11) is 0. The third kappa shape index (κ3) is 3.71. The molecule has 1 fully saturated rings. The number of anilines is 1. The zero-order chi connectivity index (χ0) is 29.0. The molecule has 3 aliphatic rings. The Morgan fingerprint density at radius 3 is 2.29 bits per heavy atom. The van der Waals surface area contributed by atoms with E-state index in [4.69, 9.17) is 0 Å². The number of carbonyl (C=O) groups excluding carboxylic acids is 3. The maximum Gasteiger partial charge on any atom is 0.238 e. The Morgan fingerprint density at radius 1 is 0.857 bits per heavy atom. The topological polar surface area (TPSA) is 66.5 Å². The lowest BCUT2D eigenvalue weighted by atomic mass is 9.62. The SMILES string of the molecule is CCCc1ccc(C(=O)[C@H]2[C@H](C(=O)c3ccc(F)cc3)N3C=Cc4ccccc4[C@@H]3[C@]23C(=O)Nc2ccccc23)cc1. The first-order chi connectivity index (χ1) is 20.4. The van der Waals surface area contributed by atoms with Crippen LogP contribution in [0.2, 0.25) is 0 Å². The molecule has 0 bridgehead atoms. The van der Waals surface area contributed by atoms with Gasteiger partial charge in [-0.3, -0.25) is 14.4 Å². The molecular weight excluding hydrogens is 527 g/mol. The lowest BCUT2D eigenvalue weighted by Crippen LogP contribution is -2.49. The highest BCUT2D eigenvalue weighted by atomic mass is 19.1. The van der Waals surface area contributed by atoms with Crippen molar-refractivity contribution in [2.45, 2.75) is 37.3 Å². The maximum absolute atomic E-state index is 14.8. The van der Waals surface area contributed by atoms with Crippen LogP contribution in [0.25, 0.3) is 6.08 Å². The molecule has 4 atom stereocenters. The number of rotatable bonds is 6. The zero-order valence-corrected chi connectivity index (χ0v) is 23.1. The summed E-state index contributed by atoms with van der Waals surface area (Å²) in [6.07, 6.45) is 5.63. The van der Waals surface area contributed by atoms with E-state index < -0.39 is 29.2 Å². The molecule has 3 aliphatic heterocycles. The molecule has 3 heterocycles. The molecule has 1 saturated heterocycles. The van der Waals surface area contributed by atoms with Gasteiger partial charge in [0.2, 0.25) is 5.91 Å². The van der Waals surface area contributed by atoms with Crippen LogP contribution in [0.15, 0.2) is 103 Å². The fourth-order valence-electron chi connectivity index (χ4n) is 7.26. The molecule has 4 aromatic carbocycles. The quantitative estimate of drug-likeness (QED) is 0.267. The van der Waals surface area contributed by atoms with Crippen LogP contribution in [0.4, 0.5) is 10.1 Å². The highest BCUT2D eigenvalue weighted by molar-refractivity contribution is 6.16. The standard InChI is InChI=1S/C36H29FN2O3/c1-2-7-22-12-14-24(15-13-22)32(40)30-31(33(41)25-16-18-26(37)19-17-25)39-21-20-23-8-3-4-9-27(23)34(39)36(30)28-10-5-6-11-29(28)38-35(36)42/h3-6,8-21,30-31,34H,2,7H2,1H3,(H,38,42)/t30-,31-,34-,36-/m1/s1. The van der Waals surface area contributed by atoms with Gasteiger partial charge < -0.3 is 10.2 Å². The summed E-state index contributed by atoms with van der Waals surface area (Å²) in [6.45, 7) is 2.10. The van der Waals surface area contributed by atoms with Crippen molar-refractivity contribution in [3.8, 4) is 0 Å². The summed E-state index contributed by atoms with van der Waals surface area (Å²) >= 11 is 0. The molecule has 0 saturated carbocycles. The van der Waals surface area contributed by atoms with E-state index in [0.717, 1.165) is 29.5 Å². The zero-order valence-electron chi connectivity index (χ0n) is 23.1. The second-order valence-electron chi connectivity index (χ2n) is 11.3. The van der Waals surface area contributed by atoms with Crippen molar-refractivity contribution < 1.29 is 18.8 Å². The molecule has 4 aromatic rings. The molecule has 5 nitrogen and oxygen atoms in total. The highest BCUT2D eigenvalue weighted by Gasteiger charge is 2.70. The summed E-state index contributed by atoms with van der Waals surface area (Å²) in [5.41, 5.74) is 3.60. The van der Waals surface area contributed by atoms with Gasteiger partial charge in [0.1, 0.15) is 17.3 Å². The molecule has 1 spiro atoms. The van der Waals surface area contributed by atoms with Crippen LogP contribution in [0.5, 0.6) is 0 Å². The van der Waals surface area contributed by atoms with Crippen molar-refractivity contribution in [1.82, 2.24) is 4.90 Å². The van der Waals surface area contributed by atoms with Gasteiger partial charge in [-0.2, -0.15) is 0 Å². The molecule has 1 N–H and O–H groups in total. The van der Waals surface area contributed by atoms with Gasteiger partial charge >= 0.3 is 0 Å². The van der Waals surface area contributed by atoms with Gasteiger partial charge in [0, 0.05) is 23.0 Å². The Kier molecular flexibility index (Phi) is 6.15. The van der Waals surface area contributed by atoms with Gasteiger partial charge in [0.25, 0.3) is 0 Å². The summed E-state index contributed by atoms with van der Waals surface area (Å²) in [6, 6.07) is 26.5. The molecule has 42 heavy (non-hydrogen) atoms. The predicted octanol–water partition coefficient (Wildman–Crippen LogP) is 6.76. The average Bonchev–Trinajstić information content (AvgIpc) is 3.49. The van der Waals surface area contributed by atoms with Crippen LogP contribution in [-0.4, -0.2) is 28.4 Å². The van der Waals surface area contributed by atoms with Crippen LogP contribution in [-0.2, 0) is 16.6 Å². The van der Waals surface area contributed by atoms with Crippen molar-refractivity contribution in [3.05, 3.63) is 142 Å². The van der Waals surface area contributed by atoms with Gasteiger partial charge in [0.15, 0.2) is 11.6 Å². The fraction of sp³-hybridized carbons (Fsp3) is 0.194. The van der Waals surface area contributed by atoms with E-state index in [1.165, 1.54) is 24.3 Å². The Bertz CT molecular complexity index is 1760. The fourth-order valence-corrected chi connectivity index (χ4v) is 7.26. The number of hydrogen-bond acceptors (Lipinski definition) is 4. The number of para-hydroxylation sites is 1.